The second-order valence-corrected chi connectivity index (χ2v) is 5.85. The minimum absolute atomic E-state index is 0.208. The van der Waals surface area contributed by atoms with E-state index in [9.17, 15) is 4.39 Å². The van der Waals surface area contributed by atoms with E-state index >= 15 is 0 Å². The lowest BCUT2D eigenvalue weighted by molar-refractivity contribution is 0.218. The van der Waals surface area contributed by atoms with Crippen molar-refractivity contribution in [2.75, 3.05) is 24.7 Å². The topological polar surface area (TPSA) is 79.7 Å². The molecule has 0 radical (unpaired) electrons. The lowest BCUT2D eigenvalue weighted by Gasteiger charge is -2.13. The van der Waals surface area contributed by atoms with E-state index in [1.54, 1.807) is 18.2 Å². The van der Waals surface area contributed by atoms with Gasteiger partial charge in [0.15, 0.2) is 0 Å². The van der Waals surface area contributed by atoms with Gasteiger partial charge in [-0.2, -0.15) is 0 Å². The SMILES string of the molecule is Nc1cc(OCc2ccccc2)ccc1OCCOc1cc(F)ccc1N. The van der Waals surface area contributed by atoms with Crippen LogP contribution in [0.25, 0.3) is 0 Å². The number of anilines is 2. The van der Waals surface area contributed by atoms with Crippen LogP contribution < -0.4 is 25.7 Å². The monoisotopic (exact) mass is 368 g/mol. The number of nitrogen functional groups attached to an aromatic ring is 2. The molecule has 27 heavy (non-hydrogen) atoms. The number of benzene rings is 3. The van der Waals surface area contributed by atoms with E-state index in [4.69, 9.17) is 25.7 Å². The standard InChI is InChI=1S/C21H21FN2O3/c22-16-6-8-18(23)21(12-16)26-11-10-25-20-9-7-17(13-19(20)24)27-14-15-4-2-1-3-5-15/h1-9,12-13H,10-11,14,23-24H2. The van der Waals surface area contributed by atoms with E-state index in [2.05, 4.69) is 0 Å². The first-order valence-corrected chi connectivity index (χ1v) is 8.49. The van der Waals surface area contributed by atoms with Crippen molar-refractivity contribution in [1.29, 1.82) is 0 Å². The van der Waals surface area contributed by atoms with Crippen molar-refractivity contribution in [3.63, 3.8) is 0 Å². The van der Waals surface area contributed by atoms with Crippen molar-refractivity contribution < 1.29 is 18.6 Å². The minimum Gasteiger partial charge on any atom is -0.489 e. The van der Waals surface area contributed by atoms with E-state index in [1.165, 1.54) is 18.2 Å². The summed E-state index contributed by atoms with van der Waals surface area (Å²) in [6, 6.07) is 19.1. The van der Waals surface area contributed by atoms with Crippen molar-refractivity contribution in [3.05, 3.63) is 78.1 Å². The molecular weight excluding hydrogens is 347 g/mol. The summed E-state index contributed by atoms with van der Waals surface area (Å²) in [6.45, 7) is 0.910. The highest BCUT2D eigenvalue weighted by Crippen LogP contribution is 2.27. The maximum Gasteiger partial charge on any atom is 0.145 e. The van der Waals surface area contributed by atoms with Gasteiger partial charge in [0.25, 0.3) is 0 Å². The Kier molecular flexibility index (Phi) is 5.99. The van der Waals surface area contributed by atoms with Crippen molar-refractivity contribution in [2.24, 2.45) is 0 Å². The van der Waals surface area contributed by atoms with Crippen LogP contribution in [0.1, 0.15) is 5.56 Å². The molecule has 0 bridgehead atoms. The molecule has 3 aromatic rings. The molecule has 5 nitrogen and oxygen atoms in total. The summed E-state index contributed by atoms with van der Waals surface area (Å²) >= 11 is 0. The van der Waals surface area contributed by atoms with Gasteiger partial charge in [-0.25, -0.2) is 4.39 Å². The first-order valence-electron chi connectivity index (χ1n) is 8.49. The number of ether oxygens (including phenoxy) is 3. The first kappa shape index (κ1) is 18.4. The summed E-state index contributed by atoms with van der Waals surface area (Å²) < 4.78 is 30.0. The second-order valence-electron chi connectivity index (χ2n) is 5.85. The molecule has 0 aliphatic carbocycles. The maximum atomic E-state index is 13.2. The molecule has 3 rings (SSSR count). The molecule has 0 aliphatic rings. The van der Waals surface area contributed by atoms with Crippen LogP contribution in [0.2, 0.25) is 0 Å². The van der Waals surface area contributed by atoms with Crippen molar-refractivity contribution in [1.82, 2.24) is 0 Å². The number of rotatable bonds is 8. The normalized spacial score (nSPS) is 10.4. The quantitative estimate of drug-likeness (QED) is 0.464. The van der Waals surface area contributed by atoms with Crippen LogP contribution >= 0.6 is 0 Å². The molecule has 0 saturated heterocycles. The largest absolute Gasteiger partial charge is 0.489 e. The Morgan fingerprint density at radius 1 is 0.704 bits per heavy atom. The zero-order valence-corrected chi connectivity index (χ0v) is 14.7. The van der Waals surface area contributed by atoms with Gasteiger partial charge >= 0.3 is 0 Å². The number of hydrogen-bond donors (Lipinski definition) is 2. The van der Waals surface area contributed by atoms with Gasteiger partial charge in [-0.15, -0.1) is 0 Å². The Hall–Kier alpha value is -3.41. The van der Waals surface area contributed by atoms with Gasteiger partial charge in [0, 0.05) is 12.1 Å². The fourth-order valence-electron chi connectivity index (χ4n) is 2.43. The van der Waals surface area contributed by atoms with Crippen molar-refractivity contribution in [3.8, 4) is 17.2 Å². The molecule has 140 valence electrons. The van der Waals surface area contributed by atoms with Crippen LogP contribution in [0.5, 0.6) is 17.2 Å². The zero-order valence-electron chi connectivity index (χ0n) is 14.7. The third-order valence-corrected chi connectivity index (χ3v) is 3.80. The lowest BCUT2D eigenvalue weighted by Crippen LogP contribution is -2.11. The molecule has 0 amide bonds. The van der Waals surface area contributed by atoms with E-state index in [0.717, 1.165) is 5.56 Å². The number of hydrogen-bond acceptors (Lipinski definition) is 5. The van der Waals surface area contributed by atoms with Gasteiger partial charge in [0.05, 0.1) is 11.4 Å². The van der Waals surface area contributed by atoms with E-state index in [0.29, 0.717) is 29.5 Å². The molecule has 0 unspecified atom stereocenters. The molecule has 0 aliphatic heterocycles. The fraction of sp³-hybridized carbons (Fsp3) is 0.143. The Bertz CT molecular complexity index is 888. The van der Waals surface area contributed by atoms with Gasteiger partial charge < -0.3 is 25.7 Å². The summed E-state index contributed by atoms with van der Waals surface area (Å²) in [7, 11) is 0. The first-order chi connectivity index (χ1) is 13.1. The van der Waals surface area contributed by atoms with Gasteiger partial charge in [-0.1, -0.05) is 30.3 Å². The van der Waals surface area contributed by atoms with Crippen LogP contribution in [-0.2, 0) is 6.61 Å². The predicted octanol–water partition coefficient (Wildman–Crippen LogP) is 4.03. The van der Waals surface area contributed by atoms with Crippen LogP contribution in [-0.4, -0.2) is 13.2 Å². The summed E-state index contributed by atoms with van der Waals surface area (Å²) in [6.07, 6.45) is 0. The highest BCUT2D eigenvalue weighted by atomic mass is 19.1. The molecule has 0 spiro atoms. The summed E-state index contributed by atoms with van der Waals surface area (Å²) in [5, 5.41) is 0. The number of halogens is 1. The maximum absolute atomic E-state index is 13.2. The molecule has 6 heteroatoms. The van der Waals surface area contributed by atoms with Crippen molar-refractivity contribution >= 4 is 11.4 Å². The average Bonchev–Trinajstić information content (AvgIpc) is 2.68. The lowest BCUT2D eigenvalue weighted by atomic mass is 10.2. The molecule has 4 N–H and O–H groups in total. The summed E-state index contributed by atoms with van der Waals surface area (Å²) in [5.41, 5.74) is 13.6. The van der Waals surface area contributed by atoms with Crippen LogP contribution in [0.4, 0.5) is 15.8 Å². The van der Waals surface area contributed by atoms with E-state index in [-0.39, 0.29) is 19.0 Å². The molecule has 0 fully saturated rings. The Morgan fingerprint density at radius 2 is 1.44 bits per heavy atom. The average molecular weight is 368 g/mol. The van der Waals surface area contributed by atoms with Gasteiger partial charge in [0.1, 0.15) is 42.9 Å². The molecule has 0 aromatic heterocycles. The predicted molar refractivity (Wildman–Crippen MR) is 103 cm³/mol. The number of nitrogens with two attached hydrogens (primary N) is 2. The highest BCUT2D eigenvalue weighted by Gasteiger charge is 2.05. The van der Waals surface area contributed by atoms with E-state index < -0.39 is 5.82 Å². The fourth-order valence-corrected chi connectivity index (χ4v) is 2.43. The third kappa shape index (κ3) is 5.28. The Morgan fingerprint density at radius 3 is 2.19 bits per heavy atom. The zero-order chi connectivity index (χ0) is 19.1. The smallest absolute Gasteiger partial charge is 0.145 e. The van der Waals surface area contributed by atoms with Crippen LogP contribution in [0, 0.1) is 5.82 Å². The molecule has 0 heterocycles. The van der Waals surface area contributed by atoms with Crippen LogP contribution in [0.15, 0.2) is 66.7 Å². The minimum atomic E-state index is -0.407. The second kappa shape index (κ2) is 8.80. The summed E-state index contributed by atoms with van der Waals surface area (Å²) in [4.78, 5) is 0. The summed E-state index contributed by atoms with van der Waals surface area (Å²) in [5.74, 6) is 1.07. The highest BCUT2D eigenvalue weighted by molar-refractivity contribution is 5.56. The van der Waals surface area contributed by atoms with E-state index in [1.807, 2.05) is 30.3 Å². The molecular formula is C21H21FN2O3. The van der Waals surface area contributed by atoms with Crippen LogP contribution in [0.3, 0.4) is 0 Å². The Balaban J connectivity index is 1.48. The van der Waals surface area contributed by atoms with Gasteiger partial charge in [-0.3, -0.25) is 0 Å². The molecule has 0 atom stereocenters. The Labute approximate surface area is 157 Å². The van der Waals surface area contributed by atoms with Gasteiger partial charge in [-0.05, 0) is 29.8 Å². The van der Waals surface area contributed by atoms with Crippen molar-refractivity contribution in [2.45, 2.75) is 6.61 Å². The molecule has 3 aromatic carbocycles. The third-order valence-electron chi connectivity index (χ3n) is 3.80. The molecule has 0 saturated carbocycles. The van der Waals surface area contributed by atoms with Gasteiger partial charge in [0.2, 0.25) is 0 Å².